The maximum absolute atomic E-state index is 12.7. The molecule has 1 amide bonds. The van der Waals surface area contributed by atoms with Crippen LogP contribution in [0, 0.1) is 0 Å². The highest BCUT2D eigenvalue weighted by atomic mass is 32.2. The molecule has 1 aliphatic heterocycles. The van der Waals surface area contributed by atoms with Crippen LogP contribution in [0.1, 0.15) is 12.5 Å². The Labute approximate surface area is 170 Å². The second-order valence-corrected chi connectivity index (χ2v) is 9.09. The van der Waals surface area contributed by atoms with Crippen molar-refractivity contribution < 1.29 is 17.9 Å². The maximum Gasteiger partial charge on any atom is 0.263 e. The maximum atomic E-state index is 12.7. The molecule has 0 aliphatic carbocycles. The Hall–Kier alpha value is -3.06. The molecular formula is C22H22N2O4S. The van der Waals surface area contributed by atoms with Crippen molar-refractivity contribution >= 4 is 32.4 Å². The fraction of sp³-hybridized carbons (Fsp3) is 0.227. The van der Waals surface area contributed by atoms with Crippen LogP contribution in [0.3, 0.4) is 0 Å². The summed E-state index contributed by atoms with van der Waals surface area (Å²) in [7, 11) is -3.52. The molecule has 6 nitrogen and oxygen atoms in total. The van der Waals surface area contributed by atoms with Crippen LogP contribution in [0.15, 0.2) is 66.7 Å². The first kappa shape index (κ1) is 19.3. The second-order valence-electron chi connectivity index (χ2n) is 6.91. The van der Waals surface area contributed by atoms with Crippen molar-refractivity contribution in [3.63, 3.8) is 0 Å². The lowest BCUT2D eigenvalue weighted by Crippen LogP contribution is -2.50. The molecule has 0 saturated heterocycles. The predicted molar refractivity (Wildman–Crippen MR) is 113 cm³/mol. The zero-order chi connectivity index (χ0) is 20.4. The molecule has 0 saturated carbocycles. The van der Waals surface area contributed by atoms with Crippen molar-refractivity contribution in [1.29, 1.82) is 0 Å². The number of hydrogen-bond acceptors (Lipinski definition) is 4. The molecule has 0 fully saturated rings. The number of carbonyl (C=O) groups excluding carboxylic acids is 1. The van der Waals surface area contributed by atoms with Crippen molar-refractivity contribution in [3.05, 3.63) is 72.3 Å². The minimum atomic E-state index is -3.52. The molecule has 7 heteroatoms. The van der Waals surface area contributed by atoms with Crippen LogP contribution >= 0.6 is 0 Å². The third-order valence-corrected chi connectivity index (χ3v) is 6.76. The Kier molecular flexibility index (Phi) is 5.15. The van der Waals surface area contributed by atoms with Gasteiger partial charge in [0.2, 0.25) is 10.0 Å². The van der Waals surface area contributed by atoms with Crippen LogP contribution < -0.4 is 14.4 Å². The highest BCUT2D eigenvalue weighted by Gasteiger charge is 2.35. The fourth-order valence-corrected chi connectivity index (χ4v) is 4.53. The van der Waals surface area contributed by atoms with Gasteiger partial charge in [0.25, 0.3) is 5.91 Å². The molecule has 1 aliphatic rings. The molecular weight excluding hydrogens is 388 g/mol. The average Bonchev–Trinajstić information content (AvgIpc) is 2.76. The Balaban J connectivity index is 1.51. The summed E-state index contributed by atoms with van der Waals surface area (Å²) in [6.07, 6.45) is -0.910. The number of carbonyl (C=O) groups is 1. The lowest BCUT2D eigenvalue weighted by atomic mass is 10.1. The normalized spacial score (nSPS) is 16.2. The van der Waals surface area contributed by atoms with Gasteiger partial charge in [0.15, 0.2) is 6.10 Å². The van der Waals surface area contributed by atoms with E-state index in [2.05, 4.69) is 5.32 Å². The third-order valence-electron chi connectivity index (χ3n) is 5.01. The Morgan fingerprint density at radius 2 is 1.79 bits per heavy atom. The molecule has 0 spiro atoms. The summed E-state index contributed by atoms with van der Waals surface area (Å²) in [5.74, 6) is -0.00200. The monoisotopic (exact) mass is 410 g/mol. The zero-order valence-electron chi connectivity index (χ0n) is 16.0. The third kappa shape index (κ3) is 3.91. The molecule has 1 atom stereocenters. The number of para-hydroxylation sites is 2. The molecule has 0 aromatic heterocycles. The summed E-state index contributed by atoms with van der Waals surface area (Å²) in [5.41, 5.74) is 1.43. The van der Waals surface area contributed by atoms with E-state index in [1.165, 1.54) is 4.31 Å². The first-order valence-corrected chi connectivity index (χ1v) is 11.1. The Bertz CT molecular complexity index is 1160. The number of nitrogens with zero attached hydrogens (tertiary/aromatic N) is 1. The second kappa shape index (κ2) is 7.75. The smallest absolute Gasteiger partial charge is 0.263 e. The summed E-state index contributed by atoms with van der Waals surface area (Å²) < 4.78 is 32.1. The van der Waals surface area contributed by atoms with Crippen LogP contribution in [-0.2, 0) is 21.4 Å². The Morgan fingerprint density at radius 1 is 1.07 bits per heavy atom. The van der Waals surface area contributed by atoms with Crippen molar-refractivity contribution in [2.75, 3.05) is 16.6 Å². The van der Waals surface area contributed by atoms with E-state index in [0.717, 1.165) is 16.3 Å². The SMILES string of the molecule is CCS(=O)(=O)N1C[C@@H](C(=O)NCc2ccc3ccccc3c2)Oc2ccccc21. The van der Waals surface area contributed by atoms with Gasteiger partial charge in [0.05, 0.1) is 18.0 Å². The minimum Gasteiger partial charge on any atom is -0.476 e. The number of fused-ring (bicyclic) bond motifs is 2. The molecule has 29 heavy (non-hydrogen) atoms. The van der Waals surface area contributed by atoms with Gasteiger partial charge >= 0.3 is 0 Å². The molecule has 1 N–H and O–H groups in total. The van der Waals surface area contributed by atoms with Gasteiger partial charge in [0, 0.05) is 6.54 Å². The van der Waals surface area contributed by atoms with Gasteiger partial charge in [-0.15, -0.1) is 0 Å². The molecule has 3 aromatic carbocycles. The molecule has 4 rings (SSSR count). The van der Waals surface area contributed by atoms with E-state index >= 15 is 0 Å². The number of sulfonamides is 1. The summed E-state index contributed by atoms with van der Waals surface area (Å²) in [4.78, 5) is 12.7. The van der Waals surface area contributed by atoms with Crippen molar-refractivity contribution in [1.82, 2.24) is 5.32 Å². The summed E-state index contributed by atoms with van der Waals surface area (Å²) in [6.45, 7) is 1.88. The van der Waals surface area contributed by atoms with Crippen molar-refractivity contribution in [2.24, 2.45) is 0 Å². The van der Waals surface area contributed by atoms with E-state index < -0.39 is 16.1 Å². The first-order chi connectivity index (χ1) is 14.0. The highest BCUT2D eigenvalue weighted by Crippen LogP contribution is 2.35. The first-order valence-electron chi connectivity index (χ1n) is 9.49. The van der Waals surface area contributed by atoms with E-state index in [9.17, 15) is 13.2 Å². The fourth-order valence-electron chi connectivity index (χ4n) is 3.41. The van der Waals surface area contributed by atoms with Crippen LogP contribution in [-0.4, -0.2) is 32.7 Å². The number of nitrogens with one attached hydrogen (secondary N) is 1. The molecule has 0 bridgehead atoms. The quantitative estimate of drug-likeness (QED) is 0.701. The topological polar surface area (TPSA) is 75.7 Å². The molecule has 0 unspecified atom stereocenters. The van der Waals surface area contributed by atoms with Crippen molar-refractivity contribution in [2.45, 2.75) is 19.6 Å². The van der Waals surface area contributed by atoms with Gasteiger partial charge in [-0.1, -0.05) is 48.5 Å². The number of benzene rings is 3. The largest absolute Gasteiger partial charge is 0.476 e. The van der Waals surface area contributed by atoms with E-state index in [4.69, 9.17) is 4.74 Å². The zero-order valence-corrected chi connectivity index (χ0v) is 16.9. The van der Waals surface area contributed by atoms with Gasteiger partial charge in [-0.25, -0.2) is 8.42 Å². The van der Waals surface area contributed by atoms with Crippen LogP contribution in [0.25, 0.3) is 10.8 Å². The molecule has 1 heterocycles. The number of anilines is 1. The highest BCUT2D eigenvalue weighted by molar-refractivity contribution is 7.92. The summed E-state index contributed by atoms with van der Waals surface area (Å²) in [6, 6.07) is 20.9. The number of hydrogen-bond donors (Lipinski definition) is 1. The van der Waals surface area contributed by atoms with E-state index in [0.29, 0.717) is 18.0 Å². The van der Waals surface area contributed by atoms with Crippen LogP contribution in [0.2, 0.25) is 0 Å². The van der Waals surface area contributed by atoms with Crippen LogP contribution in [0.5, 0.6) is 5.75 Å². The summed E-state index contributed by atoms with van der Waals surface area (Å²) >= 11 is 0. The standard InChI is InChI=1S/C22H22N2O4S/c1-2-29(26,27)24-15-21(28-20-10-6-5-9-19(20)24)22(25)23-14-16-11-12-17-7-3-4-8-18(17)13-16/h3-13,21H,2,14-15H2,1H3,(H,23,25)/t21-/m0/s1. The number of rotatable bonds is 5. The van der Waals surface area contributed by atoms with E-state index in [1.54, 1.807) is 31.2 Å². The summed E-state index contributed by atoms with van der Waals surface area (Å²) in [5, 5.41) is 5.10. The van der Waals surface area contributed by atoms with Gasteiger partial charge < -0.3 is 10.1 Å². The van der Waals surface area contributed by atoms with Crippen molar-refractivity contribution in [3.8, 4) is 5.75 Å². The Morgan fingerprint density at radius 3 is 2.59 bits per heavy atom. The number of amides is 1. The molecule has 150 valence electrons. The number of ether oxygens (including phenoxy) is 1. The van der Waals surface area contributed by atoms with E-state index in [-0.39, 0.29) is 18.2 Å². The lowest BCUT2D eigenvalue weighted by Gasteiger charge is -2.34. The molecule has 0 radical (unpaired) electrons. The van der Waals surface area contributed by atoms with Gasteiger partial charge in [-0.3, -0.25) is 9.10 Å². The van der Waals surface area contributed by atoms with E-state index in [1.807, 2.05) is 42.5 Å². The van der Waals surface area contributed by atoms with Crippen LogP contribution in [0.4, 0.5) is 5.69 Å². The van der Waals surface area contributed by atoms with Gasteiger partial charge in [-0.2, -0.15) is 0 Å². The minimum absolute atomic E-state index is 0.0449. The lowest BCUT2D eigenvalue weighted by molar-refractivity contribution is -0.127. The predicted octanol–water partition coefficient (Wildman–Crippen LogP) is 3.07. The van der Waals surface area contributed by atoms with Gasteiger partial charge in [0.1, 0.15) is 5.75 Å². The molecule has 3 aromatic rings. The van der Waals surface area contributed by atoms with Gasteiger partial charge in [-0.05, 0) is 41.5 Å². The average molecular weight is 410 g/mol.